The smallest absolute Gasteiger partial charge is 0.223 e. The Bertz CT molecular complexity index is 789. The largest absolute Gasteiger partial charge is 0.352 e. The predicted octanol–water partition coefficient (Wildman–Crippen LogP) is 4.35. The molecule has 0 aliphatic rings. The molecule has 0 spiro atoms. The normalized spacial score (nSPS) is 11.1. The molecule has 2 amide bonds. The second kappa shape index (κ2) is 8.85. The van der Waals surface area contributed by atoms with E-state index in [4.69, 9.17) is 0 Å². The summed E-state index contributed by atoms with van der Waals surface area (Å²) in [7, 11) is 0. The van der Waals surface area contributed by atoms with Crippen molar-refractivity contribution in [3.05, 3.63) is 65.2 Å². The molecular formula is C23H30N2O2. The zero-order chi connectivity index (χ0) is 20.0. The molecule has 0 bridgehead atoms. The van der Waals surface area contributed by atoms with Crippen molar-refractivity contribution in [2.75, 3.05) is 11.4 Å². The van der Waals surface area contributed by atoms with Gasteiger partial charge in [0, 0.05) is 32.1 Å². The molecule has 0 saturated carbocycles. The Morgan fingerprint density at radius 3 is 2.26 bits per heavy atom. The van der Waals surface area contributed by atoms with Crippen molar-refractivity contribution in [1.82, 2.24) is 5.32 Å². The molecule has 2 aromatic carbocycles. The molecular weight excluding hydrogens is 336 g/mol. The van der Waals surface area contributed by atoms with Gasteiger partial charge in [0.25, 0.3) is 0 Å². The second-order valence-corrected chi connectivity index (χ2v) is 7.98. The molecule has 0 unspecified atom stereocenters. The number of nitrogens with zero attached hydrogens (tertiary/aromatic N) is 1. The summed E-state index contributed by atoms with van der Waals surface area (Å²) >= 11 is 0. The molecule has 0 saturated heterocycles. The molecule has 0 radical (unpaired) electrons. The molecule has 0 atom stereocenters. The van der Waals surface area contributed by atoms with E-state index in [-0.39, 0.29) is 23.7 Å². The van der Waals surface area contributed by atoms with E-state index in [9.17, 15) is 9.59 Å². The van der Waals surface area contributed by atoms with Gasteiger partial charge in [-0.3, -0.25) is 9.59 Å². The first-order valence-electron chi connectivity index (χ1n) is 9.38. The summed E-state index contributed by atoms with van der Waals surface area (Å²) in [4.78, 5) is 25.9. The molecule has 1 N–H and O–H groups in total. The van der Waals surface area contributed by atoms with E-state index in [1.165, 1.54) is 18.1 Å². The van der Waals surface area contributed by atoms with Crippen LogP contribution >= 0.6 is 0 Å². The molecule has 0 aliphatic heterocycles. The number of carbonyl (C=O) groups excluding carboxylic acids is 2. The van der Waals surface area contributed by atoms with Crippen molar-refractivity contribution < 1.29 is 9.59 Å². The zero-order valence-electron chi connectivity index (χ0n) is 17.0. The number of carbonyl (C=O) groups is 2. The first-order chi connectivity index (χ1) is 12.7. The Morgan fingerprint density at radius 2 is 1.70 bits per heavy atom. The van der Waals surface area contributed by atoms with Crippen LogP contribution in [0.25, 0.3) is 0 Å². The highest BCUT2D eigenvalue weighted by atomic mass is 16.2. The summed E-state index contributed by atoms with van der Waals surface area (Å²) in [5.41, 5.74) is 4.34. The van der Waals surface area contributed by atoms with Crippen molar-refractivity contribution in [3.8, 4) is 0 Å². The van der Waals surface area contributed by atoms with Gasteiger partial charge in [0.15, 0.2) is 0 Å². The molecule has 144 valence electrons. The number of hydrogen-bond acceptors (Lipinski definition) is 2. The lowest BCUT2D eigenvalue weighted by atomic mass is 9.87. The van der Waals surface area contributed by atoms with Gasteiger partial charge < -0.3 is 10.2 Å². The van der Waals surface area contributed by atoms with E-state index in [1.807, 2.05) is 49.4 Å². The summed E-state index contributed by atoms with van der Waals surface area (Å²) in [5, 5.41) is 2.92. The fourth-order valence-corrected chi connectivity index (χ4v) is 2.93. The van der Waals surface area contributed by atoms with Crippen molar-refractivity contribution in [3.63, 3.8) is 0 Å². The Labute approximate surface area is 162 Å². The van der Waals surface area contributed by atoms with Crippen LogP contribution in [0.2, 0.25) is 0 Å². The quantitative estimate of drug-likeness (QED) is 0.826. The van der Waals surface area contributed by atoms with E-state index in [0.29, 0.717) is 13.1 Å². The Hall–Kier alpha value is -2.62. The van der Waals surface area contributed by atoms with Gasteiger partial charge in [-0.15, -0.1) is 0 Å². The topological polar surface area (TPSA) is 49.4 Å². The summed E-state index contributed by atoms with van der Waals surface area (Å²) < 4.78 is 0. The van der Waals surface area contributed by atoms with Crippen LogP contribution in [0.3, 0.4) is 0 Å². The number of rotatable bonds is 6. The summed E-state index contributed by atoms with van der Waals surface area (Å²) in [6.07, 6.45) is 0.270. The minimum atomic E-state index is -0.0648. The Balaban J connectivity index is 1.94. The maximum atomic E-state index is 12.2. The van der Waals surface area contributed by atoms with Gasteiger partial charge in [0.2, 0.25) is 11.8 Å². The highest BCUT2D eigenvalue weighted by Crippen LogP contribution is 2.25. The summed E-state index contributed by atoms with van der Waals surface area (Å²) in [5.74, 6) is -0.126. The molecule has 2 aromatic rings. The van der Waals surface area contributed by atoms with Gasteiger partial charge in [0.1, 0.15) is 0 Å². The van der Waals surface area contributed by atoms with Gasteiger partial charge >= 0.3 is 0 Å². The number of anilines is 1. The molecule has 4 heteroatoms. The first kappa shape index (κ1) is 20.7. The van der Waals surface area contributed by atoms with E-state index < -0.39 is 0 Å². The fourth-order valence-electron chi connectivity index (χ4n) is 2.93. The molecule has 0 aliphatic carbocycles. The van der Waals surface area contributed by atoms with Gasteiger partial charge in [-0.05, 0) is 35.6 Å². The van der Waals surface area contributed by atoms with Gasteiger partial charge in [0.05, 0.1) is 0 Å². The van der Waals surface area contributed by atoms with Crippen LogP contribution in [-0.2, 0) is 21.5 Å². The van der Waals surface area contributed by atoms with Crippen LogP contribution in [-0.4, -0.2) is 18.4 Å². The minimum Gasteiger partial charge on any atom is -0.352 e. The van der Waals surface area contributed by atoms with Crippen LogP contribution in [0.15, 0.2) is 48.5 Å². The predicted molar refractivity (Wildman–Crippen MR) is 111 cm³/mol. The second-order valence-electron chi connectivity index (χ2n) is 7.98. The number of amides is 2. The van der Waals surface area contributed by atoms with Crippen molar-refractivity contribution in [2.45, 2.75) is 53.0 Å². The number of aryl methyl sites for hydroxylation is 1. The lowest BCUT2D eigenvalue weighted by Gasteiger charge is -2.23. The standard InChI is InChI=1S/C23H30N2O2/c1-17-7-6-8-19(15-17)16-24-22(27)13-14-25(18(2)26)21-11-9-20(10-12-21)23(3,4)5/h6-12,15H,13-14,16H2,1-5H3,(H,24,27). The van der Waals surface area contributed by atoms with Crippen LogP contribution in [0.4, 0.5) is 5.69 Å². The average Bonchev–Trinajstić information content (AvgIpc) is 2.59. The van der Waals surface area contributed by atoms with Crippen molar-refractivity contribution in [2.24, 2.45) is 0 Å². The molecule has 2 rings (SSSR count). The number of benzene rings is 2. The average molecular weight is 367 g/mol. The monoisotopic (exact) mass is 366 g/mol. The lowest BCUT2D eigenvalue weighted by Crippen LogP contribution is -2.33. The number of nitrogens with one attached hydrogen (secondary N) is 1. The molecule has 0 fully saturated rings. The van der Waals surface area contributed by atoms with E-state index in [0.717, 1.165) is 11.3 Å². The molecule has 4 nitrogen and oxygen atoms in total. The first-order valence-corrected chi connectivity index (χ1v) is 9.38. The van der Waals surface area contributed by atoms with Crippen LogP contribution < -0.4 is 10.2 Å². The van der Waals surface area contributed by atoms with E-state index in [2.05, 4.69) is 32.2 Å². The lowest BCUT2D eigenvalue weighted by molar-refractivity contribution is -0.121. The SMILES string of the molecule is CC(=O)N(CCC(=O)NCc1cccc(C)c1)c1ccc(C(C)(C)C)cc1. The van der Waals surface area contributed by atoms with Crippen LogP contribution in [0.5, 0.6) is 0 Å². The minimum absolute atomic E-state index is 0.0610. The Morgan fingerprint density at radius 1 is 1.04 bits per heavy atom. The molecule has 0 aromatic heterocycles. The van der Waals surface area contributed by atoms with Crippen LogP contribution in [0.1, 0.15) is 50.8 Å². The number of hydrogen-bond donors (Lipinski definition) is 1. The van der Waals surface area contributed by atoms with Gasteiger partial charge in [-0.2, -0.15) is 0 Å². The summed E-state index contributed by atoms with van der Waals surface area (Å²) in [6, 6.07) is 16.0. The molecule has 0 heterocycles. The molecule has 27 heavy (non-hydrogen) atoms. The maximum Gasteiger partial charge on any atom is 0.223 e. The van der Waals surface area contributed by atoms with Gasteiger partial charge in [-0.1, -0.05) is 62.7 Å². The van der Waals surface area contributed by atoms with E-state index >= 15 is 0 Å². The van der Waals surface area contributed by atoms with Gasteiger partial charge in [-0.25, -0.2) is 0 Å². The highest BCUT2D eigenvalue weighted by molar-refractivity contribution is 5.92. The highest BCUT2D eigenvalue weighted by Gasteiger charge is 2.16. The third kappa shape index (κ3) is 6.24. The summed E-state index contributed by atoms with van der Waals surface area (Å²) in [6.45, 7) is 10.9. The fraction of sp³-hybridized carbons (Fsp3) is 0.391. The van der Waals surface area contributed by atoms with Crippen molar-refractivity contribution in [1.29, 1.82) is 0 Å². The maximum absolute atomic E-state index is 12.2. The van der Waals surface area contributed by atoms with E-state index in [1.54, 1.807) is 4.90 Å². The third-order valence-corrected chi connectivity index (χ3v) is 4.56. The Kier molecular flexibility index (Phi) is 6.78. The van der Waals surface area contributed by atoms with Crippen LogP contribution in [0, 0.1) is 6.92 Å². The third-order valence-electron chi connectivity index (χ3n) is 4.56. The van der Waals surface area contributed by atoms with Crippen molar-refractivity contribution >= 4 is 17.5 Å². The zero-order valence-corrected chi connectivity index (χ0v) is 17.0.